The molecule has 3 nitrogen and oxygen atoms in total. The highest BCUT2D eigenvalue weighted by Crippen LogP contribution is 2.48. The summed E-state index contributed by atoms with van der Waals surface area (Å²) in [7, 11) is 0. The molecule has 1 aromatic rings. The molecule has 0 saturated heterocycles. The van der Waals surface area contributed by atoms with Gasteiger partial charge in [-0.1, -0.05) is 31.5 Å². The molecule has 0 heterocycles. The van der Waals surface area contributed by atoms with Crippen LogP contribution in [-0.2, 0) is 4.79 Å². The third-order valence-corrected chi connectivity index (χ3v) is 5.33. The van der Waals surface area contributed by atoms with E-state index in [1.807, 2.05) is 35.2 Å². The van der Waals surface area contributed by atoms with E-state index < -0.39 is 0 Å². The lowest BCUT2D eigenvalue weighted by molar-refractivity contribution is -0.124. The molecule has 2 aliphatic rings. The number of hydrogen-bond donors (Lipinski definition) is 1. The predicted molar refractivity (Wildman–Crippen MR) is 86.0 cm³/mol. The molecule has 2 fully saturated rings. The van der Waals surface area contributed by atoms with E-state index in [0.717, 1.165) is 31.5 Å². The summed E-state index contributed by atoms with van der Waals surface area (Å²) in [6.45, 7) is 2.97. The number of hydrogen-bond acceptors (Lipinski definition) is 2. The topological polar surface area (TPSA) is 46.3 Å². The Hall–Kier alpha value is -1.35. The van der Waals surface area contributed by atoms with Crippen LogP contribution in [0.25, 0.3) is 0 Å². The van der Waals surface area contributed by atoms with Crippen LogP contribution in [0.5, 0.6) is 0 Å². The predicted octanol–water partition coefficient (Wildman–Crippen LogP) is 3.19. The summed E-state index contributed by atoms with van der Waals surface area (Å²) in [5, 5.41) is 0. The highest BCUT2D eigenvalue weighted by molar-refractivity contribution is 5.96. The SMILES string of the molecule is CCCCN(C(=O)C1C2CCC(C2)C1N)c1ccccc1. The normalized spacial score (nSPS) is 30.6. The zero-order valence-corrected chi connectivity index (χ0v) is 12.9. The number of carbonyl (C=O) groups is 1. The standard InChI is InChI=1S/C18H26N2O/c1-2-3-11-20(15-7-5-4-6-8-15)18(21)16-13-9-10-14(12-13)17(16)19/h4-8,13-14,16-17H,2-3,9-12,19H2,1H3. The van der Waals surface area contributed by atoms with Crippen LogP contribution in [0, 0.1) is 17.8 Å². The Morgan fingerprint density at radius 3 is 2.57 bits per heavy atom. The van der Waals surface area contributed by atoms with Gasteiger partial charge in [-0.15, -0.1) is 0 Å². The first-order valence-corrected chi connectivity index (χ1v) is 8.34. The van der Waals surface area contributed by atoms with Gasteiger partial charge in [0.25, 0.3) is 0 Å². The number of carbonyl (C=O) groups excluding carboxylic acids is 1. The highest BCUT2D eigenvalue weighted by atomic mass is 16.2. The number of nitrogens with zero attached hydrogens (tertiary/aromatic N) is 1. The van der Waals surface area contributed by atoms with Gasteiger partial charge < -0.3 is 10.6 Å². The molecule has 1 aromatic carbocycles. The maximum absolute atomic E-state index is 13.1. The van der Waals surface area contributed by atoms with Crippen molar-refractivity contribution >= 4 is 11.6 Å². The number of benzene rings is 1. The number of nitrogens with two attached hydrogens (primary N) is 1. The second-order valence-corrected chi connectivity index (χ2v) is 6.62. The van der Waals surface area contributed by atoms with E-state index in [1.165, 1.54) is 12.8 Å². The molecule has 2 saturated carbocycles. The van der Waals surface area contributed by atoms with Crippen LogP contribution in [0.1, 0.15) is 39.0 Å². The average Bonchev–Trinajstić information content (AvgIpc) is 3.09. The van der Waals surface area contributed by atoms with E-state index in [-0.39, 0.29) is 17.9 Å². The van der Waals surface area contributed by atoms with E-state index in [2.05, 4.69) is 6.92 Å². The number of amides is 1. The quantitative estimate of drug-likeness (QED) is 0.903. The van der Waals surface area contributed by atoms with Gasteiger partial charge in [0.15, 0.2) is 0 Å². The Morgan fingerprint density at radius 1 is 1.24 bits per heavy atom. The minimum absolute atomic E-state index is 0.0424. The first-order valence-electron chi connectivity index (χ1n) is 8.34. The number of unbranched alkanes of at least 4 members (excludes halogenated alkanes) is 1. The van der Waals surface area contributed by atoms with Crippen molar-refractivity contribution in [1.29, 1.82) is 0 Å². The molecule has 3 heteroatoms. The molecule has 21 heavy (non-hydrogen) atoms. The minimum atomic E-state index is 0.0424. The van der Waals surface area contributed by atoms with Crippen molar-refractivity contribution < 1.29 is 4.79 Å². The van der Waals surface area contributed by atoms with Crippen LogP contribution < -0.4 is 10.6 Å². The molecule has 3 rings (SSSR count). The van der Waals surface area contributed by atoms with Crippen molar-refractivity contribution in [1.82, 2.24) is 0 Å². The summed E-state index contributed by atoms with van der Waals surface area (Å²) < 4.78 is 0. The first kappa shape index (κ1) is 14.6. The van der Waals surface area contributed by atoms with E-state index in [4.69, 9.17) is 5.73 Å². The second-order valence-electron chi connectivity index (χ2n) is 6.62. The Kier molecular flexibility index (Phi) is 4.29. The zero-order chi connectivity index (χ0) is 14.8. The summed E-state index contributed by atoms with van der Waals surface area (Å²) in [6, 6.07) is 10.1. The number of rotatable bonds is 5. The molecule has 2 N–H and O–H groups in total. The van der Waals surface area contributed by atoms with E-state index >= 15 is 0 Å². The second kappa shape index (κ2) is 6.18. The van der Waals surface area contributed by atoms with Gasteiger partial charge in [0.05, 0.1) is 5.92 Å². The van der Waals surface area contributed by atoms with Gasteiger partial charge in [0.2, 0.25) is 5.91 Å². The largest absolute Gasteiger partial charge is 0.327 e. The number of para-hydroxylation sites is 1. The molecule has 1 amide bonds. The van der Waals surface area contributed by atoms with Gasteiger partial charge in [0.1, 0.15) is 0 Å². The highest BCUT2D eigenvalue weighted by Gasteiger charge is 2.50. The summed E-state index contributed by atoms with van der Waals surface area (Å²) in [6.07, 6.45) is 5.70. The molecule has 0 aliphatic heterocycles. The van der Waals surface area contributed by atoms with Crippen molar-refractivity contribution in [3.63, 3.8) is 0 Å². The van der Waals surface area contributed by atoms with E-state index in [9.17, 15) is 4.79 Å². The van der Waals surface area contributed by atoms with Crippen molar-refractivity contribution in [2.75, 3.05) is 11.4 Å². The molecule has 2 aliphatic carbocycles. The lowest BCUT2D eigenvalue weighted by atomic mass is 9.84. The summed E-state index contributed by atoms with van der Waals surface area (Å²) in [4.78, 5) is 15.1. The summed E-state index contributed by atoms with van der Waals surface area (Å²) >= 11 is 0. The monoisotopic (exact) mass is 286 g/mol. The van der Waals surface area contributed by atoms with Crippen LogP contribution in [-0.4, -0.2) is 18.5 Å². The Labute approximate surface area is 127 Å². The Morgan fingerprint density at radius 2 is 1.95 bits per heavy atom. The molecule has 2 bridgehead atoms. The lowest BCUT2D eigenvalue weighted by Crippen LogP contribution is -2.47. The fraction of sp³-hybridized carbons (Fsp3) is 0.611. The van der Waals surface area contributed by atoms with Gasteiger partial charge in [-0.05, 0) is 49.7 Å². The fourth-order valence-corrected chi connectivity index (χ4v) is 4.17. The van der Waals surface area contributed by atoms with Crippen LogP contribution in [0.15, 0.2) is 30.3 Å². The Balaban J connectivity index is 1.81. The number of fused-ring (bicyclic) bond motifs is 2. The van der Waals surface area contributed by atoms with Crippen LogP contribution in [0.4, 0.5) is 5.69 Å². The summed E-state index contributed by atoms with van der Waals surface area (Å²) in [5.41, 5.74) is 7.38. The molecule has 0 radical (unpaired) electrons. The van der Waals surface area contributed by atoms with Gasteiger partial charge in [-0.3, -0.25) is 4.79 Å². The third-order valence-electron chi connectivity index (χ3n) is 5.33. The first-order chi connectivity index (χ1) is 10.2. The van der Waals surface area contributed by atoms with Crippen LogP contribution >= 0.6 is 0 Å². The maximum atomic E-state index is 13.1. The molecule has 0 spiro atoms. The molecule has 4 unspecified atom stereocenters. The minimum Gasteiger partial charge on any atom is -0.327 e. The van der Waals surface area contributed by atoms with E-state index in [0.29, 0.717) is 11.8 Å². The van der Waals surface area contributed by atoms with Crippen molar-refractivity contribution in [2.24, 2.45) is 23.5 Å². The van der Waals surface area contributed by atoms with Gasteiger partial charge in [-0.25, -0.2) is 0 Å². The molecular weight excluding hydrogens is 260 g/mol. The summed E-state index contributed by atoms with van der Waals surface area (Å²) in [5.74, 6) is 1.40. The molecule has 4 atom stereocenters. The van der Waals surface area contributed by atoms with Crippen molar-refractivity contribution in [3.05, 3.63) is 30.3 Å². The third kappa shape index (κ3) is 2.71. The van der Waals surface area contributed by atoms with E-state index in [1.54, 1.807) is 0 Å². The molecule has 114 valence electrons. The van der Waals surface area contributed by atoms with Crippen molar-refractivity contribution in [3.8, 4) is 0 Å². The van der Waals surface area contributed by atoms with Gasteiger partial charge in [-0.2, -0.15) is 0 Å². The fourth-order valence-electron chi connectivity index (χ4n) is 4.17. The zero-order valence-electron chi connectivity index (χ0n) is 12.9. The lowest BCUT2D eigenvalue weighted by Gasteiger charge is -2.33. The smallest absolute Gasteiger partial charge is 0.231 e. The number of anilines is 1. The van der Waals surface area contributed by atoms with Crippen LogP contribution in [0.3, 0.4) is 0 Å². The Bertz CT molecular complexity index is 485. The molecular formula is C18H26N2O. The van der Waals surface area contributed by atoms with Gasteiger partial charge in [0, 0.05) is 18.3 Å². The van der Waals surface area contributed by atoms with Crippen molar-refractivity contribution in [2.45, 2.75) is 45.1 Å². The van der Waals surface area contributed by atoms with Crippen LogP contribution in [0.2, 0.25) is 0 Å². The molecule has 0 aromatic heterocycles. The maximum Gasteiger partial charge on any atom is 0.231 e. The average molecular weight is 286 g/mol. The van der Waals surface area contributed by atoms with Gasteiger partial charge >= 0.3 is 0 Å².